The van der Waals surface area contributed by atoms with Crippen LogP contribution in [0.25, 0.3) is 0 Å². The van der Waals surface area contributed by atoms with Crippen molar-refractivity contribution in [3.8, 4) is 0 Å². The average Bonchev–Trinajstić information content (AvgIpc) is 2.51. The Morgan fingerprint density at radius 3 is 2.57 bits per heavy atom. The minimum Gasteiger partial charge on any atom is -0.352 e. The minimum atomic E-state index is -0.711. The molecular weight excluding hydrogens is 300 g/mol. The highest BCUT2D eigenvalue weighted by molar-refractivity contribution is 5.94. The van der Waals surface area contributed by atoms with Crippen LogP contribution in [0, 0.1) is 17.6 Å². The molecule has 1 aromatic heterocycles. The topological polar surface area (TPSA) is 54.0 Å². The van der Waals surface area contributed by atoms with Gasteiger partial charge in [-0.25, -0.2) is 8.78 Å². The Labute approximate surface area is 133 Å². The maximum atomic E-state index is 13.6. The summed E-state index contributed by atoms with van der Waals surface area (Å²) in [7, 11) is 0. The molecule has 0 bridgehead atoms. The van der Waals surface area contributed by atoms with Crippen LogP contribution in [0.1, 0.15) is 30.6 Å². The molecule has 0 saturated carbocycles. The Morgan fingerprint density at radius 2 is 1.91 bits per heavy atom. The number of amides is 1. The Kier molecular flexibility index (Phi) is 5.62. The maximum absolute atomic E-state index is 13.6. The molecule has 0 aliphatic heterocycles. The second kappa shape index (κ2) is 7.67. The van der Waals surface area contributed by atoms with Gasteiger partial charge in [-0.05, 0) is 30.5 Å². The van der Waals surface area contributed by atoms with Crippen molar-refractivity contribution in [2.45, 2.75) is 20.3 Å². The van der Waals surface area contributed by atoms with Gasteiger partial charge in [-0.1, -0.05) is 19.9 Å². The highest BCUT2D eigenvalue weighted by Crippen LogP contribution is 2.23. The van der Waals surface area contributed by atoms with Crippen molar-refractivity contribution < 1.29 is 13.6 Å². The third-order valence-corrected chi connectivity index (χ3v) is 3.24. The van der Waals surface area contributed by atoms with E-state index in [0.29, 0.717) is 23.7 Å². The number of para-hydroxylation sites is 1. The van der Waals surface area contributed by atoms with Gasteiger partial charge in [0.25, 0.3) is 5.91 Å². The fraction of sp³-hybridized carbons (Fsp3) is 0.294. The Hall–Kier alpha value is -2.50. The largest absolute Gasteiger partial charge is 0.352 e. The maximum Gasteiger partial charge on any atom is 0.252 e. The molecular formula is C17H19F2N3O. The van der Waals surface area contributed by atoms with Crippen molar-refractivity contribution in [1.82, 2.24) is 10.3 Å². The number of carbonyl (C=O) groups excluding carboxylic acids is 1. The molecule has 0 radical (unpaired) electrons. The lowest BCUT2D eigenvalue weighted by Crippen LogP contribution is -2.25. The molecule has 0 saturated heterocycles. The van der Waals surface area contributed by atoms with E-state index in [2.05, 4.69) is 29.5 Å². The van der Waals surface area contributed by atoms with Crippen molar-refractivity contribution in [2.24, 2.45) is 5.92 Å². The summed E-state index contributed by atoms with van der Waals surface area (Å²) in [4.78, 5) is 16.0. The molecule has 1 aromatic carbocycles. The smallest absolute Gasteiger partial charge is 0.252 e. The fourth-order valence-electron chi connectivity index (χ4n) is 1.97. The van der Waals surface area contributed by atoms with Crippen LogP contribution in [0.5, 0.6) is 0 Å². The molecule has 0 spiro atoms. The molecule has 0 aliphatic carbocycles. The van der Waals surface area contributed by atoms with E-state index < -0.39 is 11.6 Å². The zero-order valence-corrected chi connectivity index (χ0v) is 13.1. The quantitative estimate of drug-likeness (QED) is 0.849. The molecule has 1 heterocycles. The number of rotatable bonds is 6. The summed E-state index contributed by atoms with van der Waals surface area (Å²) in [5, 5.41) is 5.41. The summed E-state index contributed by atoms with van der Waals surface area (Å²) < 4.78 is 27.3. The zero-order valence-electron chi connectivity index (χ0n) is 13.1. The van der Waals surface area contributed by atoms with E-state index in [9.17, 15) is 13.6 Å². The molecule has 0 aliphatic rings. The van der Waals surface area contributed by atoms with E-state index in [1.165, 1.54) is 24.5 Å². The van der Waals surface area contributed by atoms with E-state index in [0.717, 1.165) is 18.6 Å². The second-order valence-electron chi connectivity index (χ2n) is 5.62. The first-order chi connectivity index (χ1) is 11.0. The van der Waals surface area contributed by atoms with Crippen LogP contribution >= 0.6 is 0 Å². The van der Waals surface area contributed by atoms with Crippen molar-refractivity contribution in [3.05, 3.63) is 53.9 Å². The first kappa shape index (κ1) is 16.9. The third-order valence-electron chi connectivity index (χ3n) is 3.24. The van der Waals surface area contributed by atoms with Crippen LogP contribution in [0.2, 0.25) is 0 Å². The number of nitrogens with zero attached hydrogens (tertiary/aromatic N) is 1. The van der Waals surface area contributed by atoms with E-state index >= 15 is 0 Å². The van der Waals surface area contributed by atoms with E-state index in [1.807, 2.05) is 0 Å². The van der Waals surface area contributed by atoms with Gasteiger partial charge in [-0.3, -0.25) is 9.78 Å². The molecule has 23 heavy (non-hydrogen) atoms. The SMILES string of the molecule is CC(C)CCNC(=O)c1cncc(Nc2c(F)cccc2F)c1. The molecule has 0 atom stereocenters. The Morgan fingerprint density at radius 1 is 1.22 bits per heavy atom. The lowest BCUT2D eigenvalue weighted by Gasteiger charge is -2.10. The third kappa shape index (κ3) is 4.74. The highest BCUT2D eigenvalue weighted by atomic mass is 19.1. The number of pyridine rings is 1. The molecule has 6 heteroatoms. The molecule has 122 valence electrons. The zero-order chi connectivity index (χ0) is 16.8. The number of hydrogen-bond donors (Lipinski definition) is 2. The van der Waals surface area contributed by atoms with Gasteiger partial charge < -0.3 is 10.6 Å². The lowest BCUT2D eigenvalue weighted by molar-refractivity contribution is 0.0951. The van der Waals surface area contributed by atoms with Crippen LogP contribution in [0.4, 0.5) is 20.2 Å². The average molecular weight is 319 g/mol. The highest BCUT2D eigenvalue weighted by Gasteiger charge is 2.11. The van der Waals surface area contributed by atoms with E-state index in [1.54, 1.807) is 0 Å². The molecule has 2 N–H and O–H groups in total. The first-order valence-electron chi connectivity index (χ1n) is 7.41. The number of hydrogen-bond acceptors (Lipinski definition) is 3. The van der Waals surface area contributed by atoms with E-state index in [-0.39, 0.29) is 11.6 Å². The predicted molar refractivity (Wildman–Crippen MR) is 85.7 cm³/mol. The summed E-state index contributed by atoms with van der Waals surface area (Å²) >= 11 is 0. The summed E-state index contributed by atoms with van der Waals surface area (Å²) in [6.07, 6.45) is 3.68. The van der Waals surface area contributed by atoms with Crippen LogP contribution in [0.15, 0.2) is 36.7 Å². The van der Waals surface area contributed by atoms with Crippen molar-refractivity contribution in [3.63, 3.8) is 0 Å². The lowest BCUT2D eigenvalue weighted by atomic mass is 10.1. The van der Waals surface area contributed by atoms with Crippen molar-refractivity contribution in [2.75, 3.05) is 11.9 Å². The van der Waals surface area contributed by atoms with Crippen molar-refractivity contribution >= 4 is 17.3 Å². The first-order valence-corrected chi connectivity index (χ1v) is 7.41. The van der Waals surface area contributed by atoms with E-state index in [4.69, 9.17) is 0 Å². The number of benzene rings is 1. The van der Waals surface area contributed by atoms with Gasteiger partial charge in [0, 0.05) is 12.7 Å². The van der Waals surface area contributed by atoms with Crippen LogP contribution in [0.3, 0.4) is 0 Å². The van der Waals surface area contributed by atoms with Gasteiger partial charge in [-0.2, -0.15) is 0 Å². The minimum absolute atomic E-state index is 0.268. The standard InChI is InChI=1S/C17H19F2N3O/c1-11(2)6-7-21-17(23)12-8-13(10-20-9-12)22-16-14(18)4-3-5-15(16)19/h3-5,8-11,22H,6-7H2,1-2H3,(H,21,23). The van der Waals surface area contributed by atoms with Gasteiger partial charge >= 0.3 is 0 Å². The van der Waals surface area contributed by atoms with Gasteiger partial charge in [-0.15, -0.1) is 0 Å². The van der Waals surface area contributed by atoms with Gasteiger partial charge in [0.05, 0.1) is 17.4 Å². The number of carbonyl (C=O) groups is 1. The van der Waals surface area contributed by atoms with Crippen molar-refractivity contribution in [1.29, 1.82) is 0 Å². The Balaban J connectivity index is 2.09. The predicted octanol–water partition coefficient (Wildman–Crippen LogP) is 3.88. The number of halogens is 2. The number of nitrogens with one attached hydrogen (secondary N) is 2. The van der Waals surface area contributed by atoms with Crippen LogP contribution in [-0.2, 0) is 0 Å². The Bertz CT molecular complexity index is 669. The molecule has 1 amide bonds. The monoisotopic (exact) mass is 319 g/mol. The normalized spacial score (nSPS) is 10.7. The van der Waals surface area contributed by atoms with Crippen LogP contribution in [-0.4, -0.2) is 17.4 Å². The van der Waals surface area contributed by atoms with Crippen LogP contribution < -0.4 is 10.6 Å². The molecule has 0 unspecified atom stereocenters. The number of aromatic nitrogens is 1. The van der Waals surface area contributed by atoms with Gasteiger partial charge in [0.2, 0.25) is 0 Å². The summed E-state index contributed by atoms with van der Waals surface area (Å²) in [6.45, 7) is 4.71. The van der Waals surface area contributed by atoms with Gasteiger partial charge in [0.1, 0.15) is 17.3 Å². The second-order valence-corrected chi connectivity index (χ2v) is 5.62. The summed E-state index contributed by atoms with van der Waals surface area (Å²) in [5.41, 5.74) is 0.396. The molecule has 0 fully saturated rings. The number of anilines is 2. The molecule has 2 rings (SSSR count). The molecule has 2 aromatic rings. The molecule has 4 nitrogen and oxygen atoms in total. The van der Waals surface area contributed by atoms with Gasteiger partial charge in [0.15, 0.2) is 0 Å². The summed E-state index contributed by atoms with van der Waals surface area (Å²) in [5.74, 6) is -1.20. The fourth-order valence-corrected chi connectivity index (χ4v) is 1.97. The summed E-state index contributed by atoms with van der Waals surface area (Å²) in [6, 6.07) is 5.10.